The van der Waals surface area contributed by atoms with Crippen LogP contribution in [0.1, 0.15) is 16.7 Å². The zero-order valence-electron chi connectivity index (χ0n) is 17.4. The predicted octanol–water partition coefficient (Wildman–Crippen LogP) is 6.15. The summed E-state index contributed by atoms with van der Waals surface area (Å²) in [5.74, 6) is 0.548. The summed E-state index contributed by atoms with van der Waals surface area (Å²) in [6.45, 7) is 0.188. The molecule has 0 unspecified atom stereocenters. The van der Waals surface area contributed by atoms with E-state index in [9.17, 15) is 14.9 Å². The zero-order chi connectivity index (χ0) is 23.4. The number of para-hydroxylation sites is 1. The van der Waals surface area contributed by atoms with E-state index in [-0.39, 0.29) is 17.8 Å². The van der Waals surface area contributed by atoms with E-state index in [4.69, 9.17) is 9.47 Å². The number of rotatable bonds is 6. The van der Waals surface area contributed by atoms with Gasteiger partial charge in [0.05, 0.1) is 33.8 Å². The molecule has 0 N–H and O–H groups in total. The fourth-order valence-electron chi connectivity index (χ4n) is 3.29. The molecular weight excluding hydrogens is 504 g/mol. The Labute approximate surface area is 203 Å². The van der Waals surface area contributed by atoms with Crippen LogP contribution in [0, 0.1) is 11.3 Å². The number of carbonyl (C=O) groups is 2. The van der Waals surface area contributed by atoms with Crippen molar-refractivity contribution in [2.24, 2.45) is 0 Å². The monoisotopic (exact) mass is 520 g/mol. The van der Waals surface area contributed by atoms with E-state index in [2.05, 4.69) is 22.0 Å². The number of benzene rings is 3. The highest BCUT2D eigenvalue weighted by molar-refractivity contribution is 9.10. The molecule has 3 aromatic rings. The molecule has 0 saturated carbocycles. The molecule has 1 saturated heterocycles. The fraction of sp³-hybridized carbons (Fsp3) is 0.0800. The molecule has 0 radical (unpaired) electrons. The number of ether oxygens (including phenoxy) is 2. The first-order valence-electron chi connectivity index (χ1n) is 9.83. The second-order valence-electron chi connectivity index (χ2n) is 6.94. The summed E-state index contributed by atoms with van der Waals surface area (Å²) >= 11 is 4.39. The highest BCUT2D eigenvalue weighted by Gasteiger charge is 2.36. The van der Waals surface area contributed by atoms with Crippen molar-refractivity contribution in [2.75, 3.05) is 12.0 Å². The maximum atomic E-state index is 12.9. The molecule has 1 aliphatic heterocycles. The number of methoxy groups -OCH3 is 1. The third-order valence-electron chi connectivity index (χ3n) is 4.87. The number of hydrogen-bond donors (Lipinski definition) is 0. The quantitative estimate of drug-likeness (QED) is 0.362. The van der Waals surface area contributed by atoms with Gasteiger partial charge in [0.1, 0.15) is 6.61 Å². The van der Waals surface area contributed by atoms with Gasteiger partial charge in [0.2, 0.25) is 0 Å². The lowest BCUT2D eigenvalue weighted by molar-refractivity contribution is -0.113. The molecule has 0 aliphatic carbocycles. The van der Waals surface area contributed by atoms with Crippen molar-refractivity contribution in [3.05, 3.63) is 92.8 Å². The average molecular weight is 521 g/mol. The Hall–Kier alpha value is -3.54. The lowest BCUT2D eigenvalue weighted by atomic mass is 10.1. The number of imide groups is 1. The van der Waals surface area contributed by atoms with E-state index in [1.165, 1.54) is 7.11 Å². The lowest BCUT2D eigenvalue weighted by Crippen LogP contribution is -2.27. The highest BCUT2D eigenvalue weighted by Crippen LogP contribution is 2.40. The van der Waals surface area contributed by atoms with Crippen LogP contribution in [-0.2, 0) is 11.4 Å². The molecule has 3 aromatic carbocycles. The molecule has 33 heavy (non-hydrogen) atoms. The van der Waals surface area contributed by atoms with Crippen molar-refractivity contribution in [3.63, 3.8) is 0 Å². The minimum Gasteiger partial charge on any atom is -0.493 e. The number of amides is 2. The number of nitriles is 1. The average Bonchev–Trinajstić information content (AvgIpc) is 3.11. The normalized spacial score (nSPS) is 14.5. The zero-order valence-corrected chi connectivity index (χ0v) is 19.9. The molecule has 1 aliphatic rings. The van der Waals surface area contributed by atoms with Gasteiger partial charge in [-0.1, -0.05) is 36.4 Å². The Morgan fingerprint density at radius 2 is 1.82 bits per heavy atom. The molecular formula is C25H17BrN2O4S. The molecule has 4 rings (SSSR count). The smallest absolute Gasteiger partial charge is 0.298 e. The van der Waals surface area contributed by atoms with Gasteiger partial charge in [-0.3, -0.25) is 9.59 Å². The van der Waals surface area contributed by atoms with Crippen LogP contribution >= 0.6 is 27.7 Å². The molecule has 1 fully saturated rings. The van der Waals surface area contributed by atoms with Gasteiger partial charge in [0, 0.05) is 5.56 Å². The highest BCUT2D eigenvalue weighted by atomic mass is 79.9. The van der Waals surface area contributed by atoms with Crippen LogP contribution < -0.4 is 14.4 Å². The summed E-state index contributed by atoms with van der Waals surface area (Å²) in [4.78, 5) is 26.8. The van der Waals surface area contributed by atoms with E-state index in [1.807, 2.05) is 18.2 Å². The largest absolute Gasteiger partial charge is 0.493 e. The Bertz CT molecular complexity index is 1300. The van der Waals surface area contributed by atoms with Crippen molar-refractivity contribution in [3.8, 4) is 17.6 Å². The summed E-state index contributed by atoms with van der Waals surface area (Å²) < 4.78 is 12.1. The van der Waals surface area contributed by atoms with Crippen LogP contribution in [0.5, 0.6) is 11.5 Å². The van der Waals surface area contributed by atoms with E-state index >= 15 is 0 Å². The molecule has 0 aromatic heterocycles. The Morgan fingerprint density at radius 3 is 2.55 bits per heavy atom. The summed E-state index contributed by atoms with van der Waals surface area (Å²) in [5, 5.41) is 8.92. The second-order valence-corrected chi connectivity index (χ2v) is 8.79. The van der Waals surface area contributed by atoms with Crippen LogP contribution in [0.25, 0.3) is 6.08 Å². The number of nitrogens with zero attached hydrogens (tertiary/aromatic N) is 2. The SMILES string of the molecule is COc1cc(/C=C2\SC(=O)N(c3ccccc3)C2=O)cc(Br)c1OCc1ccccc1C#N. The third kappa shape index (κ3) is 4.80. The van der Waals surface area contributed by atoms with E-state index in [0.717, 1.165) is 22.2 Å². The lowest BCUT2D eigenvalue weighted by Gasteiger charge is -2.14. The van der Waals surface area contributed by atoms with Gasteiger partial charge in [-0.2, -0.15) is 5.26 Å². The summed E-state index contributed by atoms with van der Waals surface area (Å²) in [6, 6.07) is 21.7. The second kappa shape index (κ2) is 9.94. The summed E-state index contributed by atoms with van der Waals surface area (Å²) in [6.07, 6.45) is 1.65. The maximum absolute atomic E-state index is 12.9. The number of carbonyl (C=O) groups excluding carboxylic acids is 2. The van der Waals surface area contributed by atoms with Gasteiger partial charge >= 0.3 is 0 Å². The molecule has 8 heteroatoms. The fourth-order valence-corrected chi connectivity index (χ4v) is 4.70. The molecule has 0 atom stereocenters. The number of hydrogen-bond acceptors (Lipinski definition) is 6. The van der Waals surface area contributed by atoms with Crippen LogP contribution in [0.2, 0.25) is 0 Å². The van der Waals surface area contributed by atoms with Crippen molar-refractivity contribution in [1.82, 2.24) is 0 Å². The van der Waals surface area contributed by atoms with Gasteiger partial charge in [-0.25, -0.2) is 4.90 Å². The Morgan fingerprint density at radius 1 is 1.09 bits per heavy atom. The van der Waals surface area contributed by atoms with E-state index < -0.39 is 0 Å². The minimum absolute atomic E-state index is 0.188. The van der Waals surface area contributed by atoms with Crippen LogP contribution in [-0.4, -0.2) is 18.3 Å². The third-order valence-corrected chi connectivity index (χ3v) is 6.33. The van der Waals surface area contributed by atoms with Crippen molar-refractivity contribution >= 4 is 50.6 Å². The van der Waals surface area contributed by atoms with Crippen LogP contribution in [0.4, 0.5) is 10.5 Å². The van der Waals surface area contributed by atoms with Gasteiger partial charge in [-0.15, -0.1) is 0 Å². The molecule has 164 valence electrons. The van der Waals surface area contributed by atoms with Crippen molar-refractivity contribution < 1.29 is 19.1 Å². The van der Waals surface area contributed by atoms with Gasteiger partial charge in [0.15, 0.2) is 11.5 Å². The van der Waals surface area contributed by atoms with Crippen molar-refractivity contribution in [2.45, 2.75) is 6.61 Å². The Kier molecular flexibility index (Phi) is 6.82. The number of halogens is 1. The van der Waals surface area contributed by atoms with Gasteiger partial charge in [0.25, 0.3) is 11.1 Å². The first-order valence-corrected chi connectivity index (χ1v) is 11.4. The first kappa shape index (κ1) is 22.6. The summed E-state index contributed by atoms with van der Waals surface area (Å²) in [5.41, 5.74) is 2.50. The maximum Gasteiger partial charge on any atom is 0.298 e. The molecule has 1 heterocycles. The van der Waals surface area contributed by atoms with Gasteiger partial charge in [-0.05, 0) is 69.7 Å². The standard InChI is InChI=1S/C25H17BrN2O4S/c1-31-21-12-16(11-20(26)23(21)32-15-18-8-6-5-7-17(18)14-27)13-22-24(29)28(25(30)33-22)19-9-3-2-4-10-19/h2-13H,15H2,1H3/b22-13-. The molecule has 0 bridgehead atoms. The van der Waals surface area contributed by atoms with E-state index in [0.29, 0.717) is 37.7 Å². The van der Waals surface area contributed by atoms with Gasteiger partial charge < -0.3 is 9.47 Å². The topological polar surface area (TPSA) is 79.6 Å². The molecule has 6 nitrogen and oxygen atoms in total. The molecule has 2 amide bonds. The predicted molar refractivity (Wildman–Crippen MR) is 131 cm³/mol. The Balaban J connectivity index is 1.59. The number of anilines is 1. The summed E-state index contributed by atoms with van der Waals surface area (Å²) in [7, 11) is 1.52. The van der Waals surface area contributed by atoms with Crippen LogP contribution in [0.3, 0.4) is 0 Å². The number of thioether (sulfide) groups is 1. The van der Waals surface area contributed by atoms with Crippen molar-refractivity contribution in [1.29, 1.82) is 5.26 Å². The minimum atomic E-state index is -0.375. The van der Waals surface area contributed by atoms with Crippen LogP contribution in [0.15, 0.2) is 76.1 Å². The van der Waals surface area contributed by atoms with E-state index in [1.54, 1.807) is 54.6 Å². The first-order chi connectivity index (χ1) is 16.0. The molecule has 0 spiro atoms.